The van der Waals surface area contributed by atoms with Gasteiger partial charge in [-0.05, 0) is 55.8 Å². The highest BCUT2D eigenvalue weighted by Crippen LogP contribution is 2.20. The molecule has 1 unspecified atom stereocenters. The van der Waals surface area contributed by atoms with Gasteiger partial charge in [0.1, 0.15) is 0 Å². The van der Waals surface area contributed by atoms with Crippen molar-refractivity contribution in [1.29, 1.82) is 0 Å². The Kier molecular flexibility index (Phi) is 7.03. The van der Waals surface area contributed by atoms with Gasteiger partial charge in [-0.15, -0.1) is 0 Å². The first-order valence-electron chi connectivity index (χ1n) is 9.50. The van der Waals surface area contributed by atoms with Gasteiger partial charge in [0.2, 0.25) is 21.7 Å². The second kappa shape index (κ2) is 8.99. The van der Waals surface area contributed by atoms with Crippen molar-refractivity contribution in [2.24, 2.45) is 10.6 Å². The molecule has 1 atom stereocenters. The van der Waals surface area contributed by atoms with Crippen LogP contribution in [0.4, 0.5) is 5.69 Å². The topological polar surface area (TPSA) is 133 Å². The summed E-state index contributed by atoms with van der Waals surface area (Å²) in [6.07, 6.45) is -1.11. The van der Waals surface area contributed by atoms with Crippen molar-refractivity contribution in [2.45, 2.75) is 45.6 Å². The Balaban J connectivity index is 2.10. The molecule has 0 saturated carbocycles. The smallest absolute Gasteiger partial charge is 0.338 e. The van der Waals surface area contributed by atoms with Crippen molar-refractivity contribution < 1.29 is 27.5 Å². The minimum absolute atomic E-state index is 0.0329. The van der Waals surface area contributed by atoms with Gasteiger partial charge in [-0.2, -0.15) is 0 Å². The molecule has 2 aromatic carbocycles. The number of carbonyl (C=O) groups excluding carboxylic acids is 3. The van der Waals surface area contributed by atoms with E-state index in [1.165, 1.54) is 31.2 Å². The number of Topliss-reactive ketones (excluding diaryl/α,β-unsaturated/α-hetero) is 1. The molecule has 0 bridgehead atoms. The highest BCUT2D eigenvalue weighted by atomic mass is 32.2. The summed E-state index contributed by atoms with van der Waals surface area (Å²) in [5, 5.41) is 7.92. The number of hydrogen-bond acceptors (Lipinski definition) is 6. The second-order valence-corrected chi connectivity index (χ2v) is 9.75. The Hall–Kier alpha value is -3.04. The fourth-order valence-electron chi connectivity index (χ4n) is 2.59. The predicted octanol–water partition coefficient (Wildman–Crippen LogP) is 3.06. The van der Waals surface area contributed by atoms with Crippen molar-refractivity contribution in [3.05, 3.63) is 59.2 Å². The molecular weight excluding hydrogens is 420 g/mol. The molecule has 2 rings (SSSR count). The zero-order valence-electron chi connectivity index (χ0n) is 18.1. The largest absolute Gasteiger partial charge is 0.451 e. The van der Waals surface area contributed by atoms with Gasteiger partial charge in [-0.25, -0.2) is 18.4 Å². The van der Waals surface area contributed by atoms with E-state index in [0.717, 1.165) is 6.07 Å². The number of ketones is 1. The first-order chi connectivity index (χ1) is 14.2. The zero-order chi connectivity index (χ0) is 23.6. The number of nitrogens with two attached hydrogens (primary N) is 1. The van der Waals surface area contributed by atoms with Crippen LogP contribution in [-0.2, 0) is 19.6 Å². The van der Waals surface area contributed by atoms with Gasteiger partial charge in [0.15, 0.2) is 6.10 Å². The zero-order valence-corrected chi connectivity index (χ0v) is 18.9. The fourth-order valence-corrected chi connectivity index (χ4v) is 3.39. The summed E-state index contributed by atoms with van der Waals surface area (Å²) in [6.45, 7) is 8.33. The molecule has 31 heavy (non-hydrogen) atoms. The van der Waals surface area contributed by atoms with Crippen molar-refractivity contribution in [3.8, 4) is 0 Å². The van der Waals surface area contributed by atoms with Crippen LogP contribution in [0.15, 0.2) is 47.4 Å². The van der Waals surface area contributed by atoms with Crippen LogP contribution in [0.2, 0.25) is 0 Å². The third-order valence-corrected chi connectivity index (χ3v) is 5.54. The van der Waals surface area contributed by atoms with Crippen molar-refractivity contribution in [1.82, 2.24) is 0 Å². The second-order valence-electron chi connectivity index (χ2n) is 8.22. The fraction of sp³-hybridized carbons (Fsp3) is 0.318. The monoisotopic (exact) mass is 446 g/mol. The molecule has 0 aromatic heterocycles. The van der Waals surface area contributed by atoms with Crippen LogP contribution in [-0.4, -0.2) is 32.2 Å². The van der Waals surface area contributed by atoms with E-state index in [2.05, 4.69) is 5.32 Å². The summed E-state index contributed by atoms with van der Waals surface area (Å²) in [4.78, 5) is 36.9. The van der Waals surface area contributed by atoms with E-state index >= 15 is 0 Å². The average Bonchev–Trinajstić information content (AvgIpc) is 2.66. The van der Waals surface area contributed by atoms with Gasteiger partial charge in [0.05, 0.1) is 10.5 Å². The maximum atomic E-state index is 12.6. The number of benzene rings is 2. The van der Waals surface area contributed by atoms with Crippen LogP contribution < -0.4 is 10.5 Å². The minimum atomic E-state index is -4.00. The molecule has 2 aromatic rings. The first kappa shape index (κ1) is 24.2. The number of hydrogen-bond donors (Lipinski definition) is 2. The van der Waals surface area contributed by atoms with Crippen LogP contribution >= 0.6 is 0 Å². The summed E-state index contributed by atoms with van der Waals surface area (Å²) in [5.41, 5.74) is 0.631. The summed E-state index contributed by atoms with van der Waals surface area (Å²) in [7, 11) is -4.00. The molecule has 0 heterocycles. The summed E-state index contributed by atoms with van der Waals surface area (Å²) < 4.78 is 28.5. The SMILES string of the molecule is Cc1ccc(C(=O)OC(C)C(=O)c2ccc(NC(=O)C(C)(C)C)cc2)cc1S(N)(=O)=O. The van der Waals surface area contributed by atoms with Gasteiger partial charge >= 0.3 is 5.97 Å². The molecule has 3 N–H and O–H groups in total. The highest BCUT2D eigenvalue weighted by molar-refractivity contribution is 7.89. The number of primary sulfonamides is 1. The lowest BCUT2D eigenvalue weighted by atomic mass is 9.95. The lowest BCUT2D eigenvalue weighted by molar-refractivity contribution is -0.123. The number of amides is 1. The van der Waals surface area contributed by atoms with Gasteiger partial charge in [-0.3, -0.25) is 9.59 Å². The average molecular weight is 447 g/mol. The maximum absolute atomic E-state index is 12.6. The van der Waals surface area contributed by atoms with Crippen molar-refractivity contribution in [2.75, 3.05) is 5.32 Å². The lowest BCUT2D eigenvalue weighted by Crippen LogP contribution is -2.27. The molecule has 0 aliphatic heterocycles. The third-order valence-electron chi connectivity index (χ3n) is 4.49. The van der Waals surface area contributed by atoms with Crippen molar-refractivity contribution >= 4 is 33.4 Å². The number of rotatable bonds is 6. The van der Waals surface area contributed by atoms with Gasteiger partial charge in [0.25, 0.3) is 0 Å². The third kappa shape index (κ3) is 6.22. The molecule has 166 valence electrons. The molecule has 0 radical (unpaired) electrons. The van der Waals surface area contributed by atoms with Crippen molar-refractivity contribution in [3.63, 3.8) is 0 Å². The Morgan fingerprint density at radius 1 is 1.00 bits per heavy atom. The number of anilines is 1. The number of nitrogens with one attached hydrogen (secondary N) is 1. The molecule has 0 fully saturated rings. The quantitative estimate of drug-likeness (QED) is 0.518. The molecule has 0 saturated heterocycles. The molecule has 0 aliphatic carbocycles. The van der Waals surface area contributed by atoms with E-state index < -0.39 is 33.3 Å². The van der Waals surface area contributed by atoms with Gasteiger partial charge in [0, 0.05) is 16.7 Å². The van der Waals surface area contributed by atoms with E-state index in [1.807, 2.05) is 0 Å². The van der Waals surface area contributed by atoms with Crippen LogP contribution in [0.1, 0.15) is 54.0 Å². The molecule has 0 aliphatic rings. The van der Waals surface area contributed by atoms with Gasteiger partial charge < -0.3 is 10.1 Å². The molecule has 1 amide bonds. The van der Waals surface area contributed by atoms with E-state index in [9.17, 15) is 22.8 Å². The number of sulfonamides is 1. The number of ether oxygens (including phenoxy) is 1. The highest BCUT2D eigenvalue weighted by Gasteiger charge is 2.23. The normalized spacial score (nSPS) is 12.7. The van der Waals surface area contributed by atoms with Crippen LogP contribution in [0.3, 0.4) is 0 Å². The van der Waals surface area contributed by atoms with E-state index in [4.69, 9.17) is 9.88 Å². The summed E-state index contributed by atoms with van der Waals surface area (Å²) in [6, 6.07) is 10.2. The number of aryl methyl sites for hydroxylation is 1. The Labute approximate surface area is 181 Å². The van der Waals surface area contributed by atoms with Crippen LogP contribution in [0.25, 0.3) is 0 Å². The predicted molar refractivity (Wildman–Crippen MR) is 116 cm³/mol. The molecular formula is C22H26N2O6S. The number of esters is 1. The summed E-state index contributed by atoms with van der Waals surface area (Å²) >= 11 is 0. The molecule has 9 heteroatoms. The van der Waals surface area contributed by atoms with E-state index in [1.54, 1.807) is 39.8 Å². The molecule has 0 spiro atoms. The van der Waals surface area contributed by atoms with Crippen LogP contribution in [0, 0.1) is 12.3 Å². The minimum Gasteiger partial charge on any atom is -0.451 e. The van der Waals surface area contributed by atoms with E-state index in [0.29, 0.717) is 16.8 Å². The Bertz CT molecular complexity index is 1120. The summed E-state index contributed by atoms with van der Waals surface area (Å²) in [5.74, 6) is -1.45. The lowest BCUT2D eigenvalue weighted by Gasteiger charge is -2.18. The standard InChI is InChI=1S/C22H26N2O6S/c1-13-6-7-16(12-18(13)31(23,28)29)20(26)30-14(2)19(25)15-8-10-17(11-9-15)24-21(27)22(3,4)5/h6-12,14H,1-5H3,(H,24,27)(H2,23,28,29). The van der Waals surface area contributed by atoms with Gasteiger partial charge in [-0.1, -0.05) is 26.8 Å². The molecule has 8 nitrogen and oxygen atoms in total. The van der Waals surface area contributed by atoms with Crippen LogP contribution in [0.5, 0.6) is 0 Å². The number of carbonyl (C=O) groups is 3. The Morgan fingerprint density at radius 2 is 1.55 bits per heavy atom. The maximum Gasteiger partial charge on any atom is 0.338 e. The first-order valence-corrected chi connectivity index (χ1v) is 11.0. The Morgan fingerprint density at radius 3 is 2.06 bits per heavy atom. The van der Waals surface area contributed by atoms with E-state index in [-0.39, 0.29) is 16.4 Å².